The number of carbonyl (C=O) groups is 2. The molecule has 2 aromatic carbocycles. The zero-order valence-corrected chi connectivity index (χ0v) is 18.6. The standard InChI is InChI=1S/C27H23FN2O4/c1-3-13-34-19-10-11-20(17(2)14-19)25(31)23-24(21-8-4-5-9-22(21)28)30(27(33)26(23)32)16-18-7-6-12-29-15-18/h3-12,14-15,24,31H,1,13,16H2,2H3/b25-23+. The number of pyridine rings is 1. The van der Waals surface area contributed by atoms with Crippen LogP contribution in [0.4, 0.5) is 4.39 Å². The molecule has 1 saturated heterocycles. The Morgan fingerprint density at radius 1 is 1.21 bits per heavy atom. The number of hydrogen-bond donors (Lipinski definition) is 1. The smallest absolute Gasteiger partial charge is 0.295 e. The van der Waals surface area contributed by atoms with Gasteiger partial charge in [-0.15, -0.1) is 0 Å². The second-order valence-corrected chi connectivity index (χ2v) is 7.89. The molecule has 1 fully saturated rings. The van der Waals surface area contributed by atoms with E-state index in [0.29, 0.717) is 29.0 Å². The zero-order chi connectivity index (χ0) is 24.2. The topological polar surface area (TPSA) is 79.7 Å². The molecule has 0 saturated carbocycles. The van der Waals surface area contributed by atoms with Crippen molar-refractivity contribution in [3.63, 3.8) is 0 Å². The van der Waals surface area contributed by atoms with E-state index in [1.165, 1.54) is 23.1 Å². The average molecular weight is 458 g/mol. The molecule has 2 heterocycles. The quantitative estimate of drug-likeness (QED) is 0.240. The van der Waals surface area contributed by atoms with E-state index in [1.54, 1.807) is 61.8 Å². The first-order valence-electron chi connectivity index (χ1n) is 10.7. The van der Waals surface area contributed by atoms with E-state index < -0.39 is 23.5 Å². The molecule has 1 aromatic heterocycles. The monoisotopic (exact) mass is 458 g/mol. The highest BCUT2D eigenvalue weighted by Crippen LogP contribution is 2.41. The SMILES string of the molecule is C=CCOc1ccc(/C(O)=C2\C(=O)C(=O)N(Cc3cccnc3)C2c2ccccc2F)c(C)c1. The molecule has 0 bridgehead atoms. The number of halogens is 1. The van der Waals surface area contributed by atoms with Crippen molar-refractivity contribution >= 4 is 17.4 Å². The van der Waals surface area contributed by atoms with Crippen molar-refractivity contribution in [2.45, 2.75) is 19.5 Å². The maximum atomic E-state index is 14.9. The number of carbonyl (C=O) groups excluding carboxylic acids is 2. The van der Waals surface area contributed by atoms with Crippen LogP contribution in [0.25, 0.3) is 5.76 Å². The lowest BCUT2D eigenvalue weighted by atomic mass is 9.93. The number of ketones is 1. The van der Waals surface area contributed by atoms with Crippen LogP contribution in [-0.4, -0.2) is 33.3 Å². The van der Waals surface area contributed by atoms with Crippen molar-refractivity contribution in [3.05, 3.63) is 113 Å². The number of rotatable bonds is 7. The summed E-state index contributed by atoms with van der Waals surface area (Å²) in [6, 6.07) is 13.3. The number of nitrogens with zero attached hydrogens (tertiary/aromatic N) is 2. The maximum Gasteiger partial charge on any atom is 0.295 e. The van der Waals surface area contributed by atoms with Crippen LogP contribution in [0.5, 0.6) is 5.75 Å². The third-order valence-corrected chi connectivity index (χ3v) is 5.64. The molecule has 1 N–H and O–H groups in total. The van der Waals surface area contributed by atoms with Crippen LogP contribution in [0.2, 0.25) is 0 Å². The highest BCUT2D eigenvalue weighted by molar-refractivity contribution is 6.46. The van der Waals surface area contributed by atoms with Crippen molar-refractivity contribution in [2.24, 2.45) is 0 Å². The summed E-state index contributed by atoms with van der Waals surface area (Å²) < 4.78 is 20.4. The van der Waals surface area contributed by atoms with Gasteiger partial charge in [0.1, 0.15) is 23.9 Å². The fourth-order valence-electron chi connectivity index (χ4n) is 4.04. The van der Waals surface area contributed by atoms with Crippen molar-refractivity contribution < 1.29 is 23.8 Å². The lowest BCUT2D eigenvalue weighted by molar-refractivity contribution is -0.140. The largest absolute Gasteiger partial charge is 0.507 e. The summed E-state index contributed by atoms with van der Waals surface area (Å²) in [4.78, 5) is 31.5. The van der Waals surface area contributed by atoms with Gasteiger partial charge in [0.05, 0.1) is 11.6 Å². The fraction of sp³-hybridized carbons (Fsp3) is 0.148. The highest BCUT2D eigenvalue weighted by Gasteiger charge is 2.47. The van der Waals surface area contributed by atoms with E-state index in [1.807, 2.05) is 0 Å². The molecule has 1 aliphatic rings. The third kappa shape index (κ3) is 4.32. The molecule has 1 amide bonds. The minimum atomic E-state index is -1.10. The summed E-state index contributed by atoms with van der Waals surface area (Å²) in [5.41, 5.74) is 1.61. The van der Waals surface area contributed by atoms with E-state index in [4.69, 9.17) is 4.74 Å². The van der Waals surface area contributed by atoms with Crippen LogP contribution in [0.15, 0.2) is 85.2 Å². The van der Waals surface area contributed by atoms with E-state index in [9.17, 15) is 19.1 Å². The third-order valence-electron chi connectivity index (χ3n) is 5.64. The molecule has 1 unspecified atom stereocenters. The van der Waals surface area contributed by atoms with E-state index in [2.05, 4.69) is 11.6 Å². The first kappa shape index (κ1) is 22.9. The molecule has 1 atom stereocenters. The van der Waals surface area contributed by atoms with E-state index in [0.717, 1.165) is 0 Å². The number of aryl methyl sites for hydroxylation is 1. The van der Waals surface area contributed by atoms with Crippen molar-refractivity contribution in [1.29, 1.82) is 0 Å². The number of amides is 1. The van der Waals surface area contributed by atoms with Gasteiger partial charge in [-0.1, -0.05) is 36.9 Å². The summed E-state index contributed by atoms with van der Waals surface area (Å²) >= 11 is 0. The molecule has 6 nitrogen and oxygen atoms in total. The van der Waals surface area contributed by atoms with Crippen LogP contribution in [0, 0.1) is 12.7 Å². The second kappa shape index (κ2) is 9.70. The molecule has 34 heavy (non-hydrogen) atoms. The summed E-state index contributed by atoms with van der Waals surface area (Å²) in [7, 11) is 0. The Morgan fingerprint density at radius 2 is 2.00 bits per heavy atom. The second-order valence-electron chi connectivity index (χ2n) is 7.89. The Labute approximate surface area is 196 Å². The summed E-state index contributed by atoms with van der Waals surface area (Å²) in [6.07, 6.45) is 4.78. The van der Waals surface area contributed by atoms with E-state index in [-0.39, 0.29) is 23.4 Å². The van der Waals surface area contributed by atoms with Crippen molar-refractivity contribution in [3.8, 4) is 5.75 Å². The van der Waals surface area contributed by atoms with Crippen LogP contribution in [0.3, 0.4) is 0 Å². The van der Waals surface area contributed by atoms with Gasteiger partial charge in [0.15, 0.2) is 0 Å². The van der Waals surface area contributed by atoms with Gasteiger partial charge in [-0.2, -0.15) is 0 Å². The van der Waals surface area contributed by atoms with Gasteiger partial charge in [0.2, 0.25) is 0 Å². The molecule has 3 aromatic rings. The minimum Gasteiger partial charge on any atom is -0.507 e. The fourth-order valence-corrected chi connectivity index (χ4v) is 4.04. The molecular weight excluding hydrogens is 435 g/mol. The molecule has 0 radical (unpaired) electrons. The van der Waals surface area contributed by atoms with Gasteiger partial charge in [-0.3, -0.25) is 14.6 Å². The Bertz CT molecular complexity index is 1290. The van der Waals surface area contributed by atoms with Crippen molar-refractivity contribution in [1.82, 2.24) is 9.88 Å². The van der Waals surface area contributed by atoms with E-state index >= 15 is 0 Å². The Hall–Kier alpha value is -4.26. The van der Waals surface area contributed by atoms with Crippen LogP contribution >= 0.6 is 0 Å². The molecule has 1 aliphatic heterocycles. The zero-order valence-electron chi connectivity index (χ0n) is 18.6. The molecular formula is C27H23FN2O4. The Morgan fingerprint density at radius 3 is 2.68 bits per heavy atom. The predicted octanol–water partition coefficient (Wildman–Crippen LogP) is 4.72. The number of aliphatic hydroxyl groups excluding tert-OH is 1. The number of benzene rings is 2. The lowest BCUT2D eigenvalue weighted by Crippen LogP contribution is -2.29. The molecule has 0 aliphatic carbocycles. The Balaban J connectivity index is 1.85. The van der Waals surface area contributed by atoms with Gasteiger partial charge in [-0.05, 0) is 48.4 Å². The number of aliphatic hydroxyl groups is 1. The summed E-state index contributed by atoms with van der Waals surface area (Å²) in [6.45, 7) is 5.71. The van der Waals surface area contributed by atoms with Crippen molar-refractivity contribution in [2.75, 3.05) is 6.61 Å². The molecule has 172 valence electrons. The van der Waals surface area contributed by atoms with Gasteiger partial charge in [-0.25, -0.2) is 4.39 Å². The molecule has 0 spiro atoms. The molecule has 7 heteroatoms. The average Bonchev–Trinajstić information content (AvgIpc) is 3.08. The van der Waals surface area contributed by atoms with Crippen LogP contribution in [0.1, 0.15) is 28.3 Å². The highest BCUT2D eigenvalue weighted by atomic mass is 19.1. The predicted molar refractivity (Wildman–Crippen MR) is 125 cm³/mol. The summed E-state index contributed by atoms with van der Waals surface area (Å²) in [5.74, 6) is -2.07. The molecule has 4 rings (SSSR count). The first-order valence-corrected chi connectivity index (χ1v) is 10.7. The number of aromatic nitrogens is 1. The van der Waals surface area contributed by atoms with Crippen LogP contribution < -0.4 is 4.74 Å². The van der Waals surface area contributed by atoms with Crippen LogP contribution in [-0.2, 0) is 16.1 Å². The lowest BCUT2D eigenvalue weighted by Gasteiger charge is -2.25. The van der Waals surface area contributed by atoms with Gasteiger partial charge >= 0.3 is 0 Å². The maximum absolute atomic E-state index is 14.9. The van der Waals surface area contributed by atoms with Gasteiger partial charge in [0, 0.05) is 30.1 Å². The summed E-state index contributed by atoms with van der Waals surface area (Å²) in [5, 5.41) is 11.3. The number of Topliss-reactive ketones (excluding diaryl/α,β-unsaturated/α-hetero) is 1. The normalized spacial score (nSPS) is 17.1. The van der Waals surface area contributed by atoms with Gasteiger partial charge in [0.25, 0.3) is 11.7 Å². The minimum absolute atomic E-state index is 0.0293. The Kier molecular flexibility index (Phi) is 6.54. The number of likely N-dealkylation sites (tertiary alicyclic amines) is 1. The van der Waals surface area contributed by atoms with Gasteiger partial charge < -0.3 is 14.7 Å². The first-order chi connectivity index (χ1) is 16.4. The number of hydrogen-bond acceptors (Lipinski definition) is 5. The number of ether oxygens (including phenoxy) is 1.